The molecule has 2 fully saturated rings. The van der Waals surface area contributed by atoms with Gasteiger partial charge in [-0.15, -0.1) is 11.3 Å². The number of likely N-dealkylation sites (tertiary alicyclic amines) is 1. The van der Waals surface area contributed by atoms with E-state index < -0.39 is 5.69 Å². The van der Waals surface area contributed by atoms with Crippen molar-refractivity contribution in [2.75, 3.05) is 13.1 Å². The second kappa shape index (κ2) is 10.5. The minimum Gasteiger partial charge on any atom is -0.342 e. The largest absolute Gasteiger partial charge is 0.342 e. The highest BCUT2D eigenvalue weighted by Gasteiger charge is 2.30. The van der Waals surface area contributed by atoms with Crippen LogP contribution in [0.2, 0.25) is 0 Å². The second-order valence-electron chi connectivity index (χ2n) is 9.97. The highest BCUT2D eigenvalue weighted by Crippen LogP contribution is 2.31. The van der Waals surface area contributed by atoms with Gasteiger partial charge in [0.15, 0.2) is 0 Å². The molecule has 1 saturated heterocycles. The number of carbonyl (C=O) groups excluding carboxylic acids is 1. The summed E-state index contributed by atoms with van der Waals surface area (Å²) in [7, 11) is 0. The topological polar surface area (TPSA) is 64.3 Å². The summed E-state index contributed by atoms with van der Waals surface area (Å²) >= 11 is 1.31. The van der Waals surface area contributed by atoms with Crippen molar-refractivity contribution in [3.8, 4) is 0 Å². The average molecular weight is 498 g/mol. The number of nitrogens with zero attached hydrogens (tertiary/aromatic N) is 3. The maximum Gasteiger partial charge on any atom is 0.331 e. The summed E-state index contributed by atoms with van der Waals surface area (Å²) in [6.45, 7) is 2.16. The zero-order valence-electron chi connectivity index (χ0n) is 20.0. The van der Waals surface area contributed by atoms with Crippen LogP contribution in [0.4, 0.5) is 4.39 Å². The van der Waals surface area contributed by atoms with Gasteiger partial charge < -0.3 is 4.90 Å². The van der Waals surface area contributed by atoms with E-state index in [-0.39, 0.29) is 35.7 Å². The van der Waals surface area contributed by atoms with Crippen LogP contribution in [0.15, 0.2) is 45.3 Å². The number of fused-ring (bicyclic) bond motifs is 1. The molecule has 0 spiro atoms. The van der Waals surface area contributed by atoms with Gasteiger partial charge in [-0.05, 0) is 62.0 Å². The van der Waals surface area contributed by atoms with E-state index in [1.807, 2.05) is 0 Å². The fourth-order valence-corrected chi connectivity index (χ4v) is 6.49. The second-order valence-corrected chi connectivity index (χ2v) is 10.9. The molecule has 1 aliphatic carbocycles. The first-order chi connectivity index (χ1) is 17.0. The molecule has 2 aliphatic rings. The summed E-state index contributed by atoms with van der Waals surface area (Å²) in [6.07, 6.45) is 7.85. The molecule has 0 bridgehead atoms. The monoisotopic (exact) mass is 497 g/mol. The Kier molecular flexibility index (Phi) is 7.18. The van der Waals surface area contributed by atoms with Crippen molar-refractivity contribution in [3.05, 3.63) is 67.9 Å². The molecule has 3 heterocycles. The summed E-state index contributed by atoms with van der Waals surface area (Å²) in [4.78, 5) is 41.7. The fourth-order valence-electron chi connectivity index (χ4n) is 5.64. The van der Waals surface area contributed by atoms with Crippen molar-refractivity contribution in [3.63, 3.8) is 0 Å². The Morgan fingerprint density at radius 1 is 0.943 bits per heavy atom. The molecule has 35 heavy (non-hydrogen) atoms. The lowest BCUT2D eigenvalue weighted by molar-refractivity contribution is -0.136. The van der Waals surface area contributed by atoms with Gasteiger partial charge in [-0.25, -0.2) is 9.18 Å². The molecule has 1 amide bonds. The van der Waals surface area contributed by atoms with Crippen LogP contribution < -0.4 is 11.2 Å². The van der Waals surface area contributed by atoms with Crippen molar-refractivity contribution in [1.82, 2.24) is 14.0 Å². The van der Waals surface area contributed by atoms with Crippen LogP contribution in [0.1, 0.15) is 56.9 Å². The zero-order chi connectivity index (χ0) is 24.4. The number of halogens is 1. The van der Waals surface area contributed by atoms with E-state index in [9.17, 15) is 18.8 Å². The summed E-state index contributed by atoms with van der Waals surface area (Å²) in [5, 5.41) is 1.80. The third kappa shape index (κ3) is 4.99. The predicted molar refractivity (Wildman–Crippen MR) is 136 cm³/mol. The van der Waals surface area contributed by atoms with Crippen LogP contribution in [0, 0.1) is 17.7 Å². The molecule has 2 aromatic heterocycles. The van der Waals surface area contributed by atoms with E-state index in [0.717, 1.165) is 51.6 Å². The van der Waals surface area contributed by atoms with Crippen LogP contribution in [-0.2, 0) is 17.9 Å². The minimum absolute atomic E-state index is 0.0542. The van der Waals surface area contributed by atoms with Gasteiger partial charge in [0.05, 0.1) is 12.1 Å². The maximum absolute atomic E-state index is 14.3. The Morgan fingerprint density at radius 2 is 1.66 bits per heavy atom. The Morgan fingerprint density at radius 3 is 2.37 bits per heavy atom. The number of aromatic nitrogens is 2. The van der Waals surface area contributed by atoms with Crippen molar-refractivity contribution >= 4 is 27.5 Å². The summed E-state index contributed by atoms with van der Waals surface area (Å²) in [5.74, 6) is 0.147. The highest BCUT2D eigenvalue weighted by molar-refractivity contribution is 7.17. The first-order valence-electron chi connectivity index (χ1n) is 12.8. The maximum atomic E-state index is 14.3. The number of amides is 1. The third-order valence-electron chi connectivity index (χ3n) is 7.68. The van der Waals surface area contributed by atoms with Crippen LogP contribution in [-0.4, -0.2) is 33.0 Å². The molecule has 1 aromatic carbocycles. The Balaban J connectivity index is 1.34. The number of carbonyl (C=O) groups is 1. The van der Waals surface area contributed by atoms with E-state index in [0.29, 0.717) is 22.3 Å². The standard InChI is InChI=1S/C27H32FN3O3S/c28-22-8-4-3-7-21(22)18-30-23-13-16-35-24(23)26(33)31(27(30)34)17-19-9-11-20(12-10-19)25(32)29-14-5-1-2-6-15-29/h3-4,7-8,13,16,19-20H,1-2,5-6,9-12,14-15,17-18H2. The first-order valence-corrected chi connectivity index (χ1v) is 13.6. The van der Waals surface area contributed by atoms with Gasteiger partial charge >= 0.3 is 5.69 Å². The van der Waals surface area contributed by atoms with Gasteiger partial charge in [0.1, 0.15) is 10.5 Å². The van der Waals surface area contributed by atoms with Crippen molar-refractivity contribution in [2.45, 2.75) is 64.5 Å². The molecule has 8 heteroatoms. The summed E-state index contributed by atoms with van der Waals surface area (Å²) in [6, 6.07) is 8.17. The van der Waals surface area contributed by atoms with Gasteiger partial charge in [0.2, 0.25) is 5.91 Å². The quantitative estimate of drug-likeness (QED) is 0.517. The van der Waals surface area contributed by atoms with Gasteiger partial charge in [0.25, 0.3) is 5.56 Å². The molecular weight excluding hydrogens is 465 g/mol. The van der Waals surface area contributed by atoms with Crippen LogP contribution >= 0.6 is 11.3 Å². The zero-order valence-corrected chi connectivity index (χ0v) is 20.8. The van der Waals surface area contributed by atoms with E-state index in [1.165, 1.54) is 39.4 Å². The van der Waals surface area contributed by atoms with E-state index >= 15 is 0 Å². The SMILES string of the molecule is O=C(C1CCC(Cn2c(=O)c3sccc3n(Cc3ccccc3F)c2=O)CC1)N1CCCCCC1. The molecule has 0 radical (unpaired) electrons. The van der Waals surface area contributed by atoms with Crippen LogP contribution in [0.5, 0.6) is 0 Å². The van der Waals surface area contributed by atoms with Crippen LogP contribution in [0.3, 0.4) is 0 Å². The Hall–Kier alpha value is -2.74. The lowest BCUT2D eigenvalue weighted by Gasteiger charge is -2.32. The highest BCUT2D eigenvalue weighted by atomic mass is 32.1. The summed E-state index contributed by atoms with van der Waals surface area (Å²) < 4.78 is 17.7. The number of benzene rings is 1. The molecule has 1 saturated carbocycles. The lowest BCUT2D eigenvalue weighted by atomic mass is 9.81. The Bertz CT molecular complexity index is 1310. The average Bonchev–Trinajstić information content (AvgIpc) is 3.20. The molecule has 1 aliphatic heterocycles. The van der Waals surface area contributed by atoms with E-state index in [4.69, 9.17) is 0 Å². The van der Waals surface area contributed by atoms with Gasteiger partial charge in [-0.1, -0.05) is 31.0 Å². The molecule has 3 aromatic rings. The molecule has 5 rings (SSSR count). The third-order valence-corrected chi connectivity index (χ3v) is 8.57. The smallest absolute Gasteiger partial charge is 0.331 e. The van der Waals surface area contributed by atoms with E-state index in [1.54, 1.807) is 29.6 Å². The molecule has 0 unspecified atom stereocenters. The molecular formula is C27H32FN3O3S. The van der Waals surface area contributed by atoms with Gasteiger partial charge in [-0.2, -0.15) is 0 Å². The normalized spacial score (nSPS) is 21.2. The van der Waals surface area contributed by atoms with Crippen LogP contribution in [0.25, 0.3) is 10.2 Å². The number of thiophene rings is 1. The Labute approximate surface area is 208 Å². The molecule has 0 atom stereocenters. The lowest BCUT2D eigenvalue weighted by Crippen LogP contribution is -2.42. The molecule has 186 valence electrons. The van der Waals surface area contributed by atoms with E-state index in [2.05, 4.69) is 4.90 Å². The summed E-state index contributed by atoms with van der Waals surface area (Å²) in [5.41, 5.74) is 0.301. The first kappa shape index (κ1) is 24.0. The predicted octanol–water partition coefficient (Wildman–Crippen LogP) is 4.62. The number of hydrogen-bond acceptors (Lipinski definition) is 4. The molecule has 0 N–H and O–H groups in total. The minimum atomic E-state index is -0.396. The fraction of sp³-hybridized carbons (Fsp3) is 0.519. The molecule has 6 nitrogen and oxygen atoms in total. The number of hydrogen-bond donors (Lipinski definition) is 0. The van der Waals surface area contributed by atoms with Crippen molar-refractivity contribution in [2.24, 2.45) is 11.8 Å². The van der Waals surface area contributed by atoms with Crippen molar-refractivity contribution < 1.29 is 9.18 Å². The van der Waals surface area contributed by atoms with Gasteiger partial charge in [0, 0.05) is 31.1 Å². The van der Waals surface area contributed by atoms with Gasteiger partial charge in [-0.3, -0.25) is 18.7 Å². The van der Waals surface area contributed by atoms with Crippen molar-refractivity contribution in [1.29, 1.82) is 0 Å². The number of rotatable bonds is 5.